The fraction of sp³-hybridized carbons (Fsp3) is 0.308. The van der Waals surface area contributed by atoms with Crippen LogP contribution in [0.2, 0.25) is 0 Å². The number of azide groups is 1. The quantitative estimate of drug-likeness (QED) is 0.268. The third kappa shape index (κ3) is 6.14. The third-order valence-corrected chi connectivity index (χ3v) is 2.34. The number of carbonyl (C=O) groups excluding carboxylic acids is 1. The van der Waals surface area contributed by atoms with E-state index in [9.17, 15) is 4.79 Å². The zero-order chi connectivity index (χ0) is 13.9. The summed E-state index contributed by atoms with van der Waals surface area (Å²) in [6.45, 7) is 0.879. The van der Waals surface area contributed by atoms with E-state index in [4.69, 9.17) is 10.3 Å². The lowest BCUT2D eigenvalue weighted by molar-refractivity contribution is -0.116. The van der Waals surface area contributed by atoms with Gasteiger partial charge in [-0.05, 0) is 35.7 Å². The molecule has 0 unspecified atom stereocenters. The van der Waals surface area contributed by atoms with Crippen molar-refractivity contribution in [3.8, 4) is 5.75 Å². The molecular weight excluding hydrogens is 244 g/mol. The van der Waals surface area contributed by atoms with E-state index in [0.717, 1.165) is 11.3 Å². The summed E-state index contributed by atoms with van der Waals surface area (Å²) < 4.78 is 5.04. The molecule has 0 spiro atoms. The molecule has 0 radical (unpaired) electrons. The van der Waals surface area contributed by atoms with Crippen LogP contribution in [0, 0.1) is 0 Å². The highest BCUT2D eigenvalue weighted by molar-refractivity contribution is 5.91. The monoisotopic (exact) mass is 260 g/mol. The summed E-state index contributed by atoms with van der Waals surface area (Å²) in [7, 11) is 1.61. The lowest BCUT2D eigenvalue weighted by atomic mass is 10.2. The van der Waals surface area contributed by atoms with Gasteiger partial charge < -0.3 is 10.1 Å². The predicted octanol–water partition coefficient (Wildman–Crippen LogP) is 2.53. The molecule has 1 aromatic carbocycles. The number of amides is 1. The minimum atomic E-state index is -0.170. The van der Waals surface area contributed by atoms with Crippen LogP contribution in [0.3, 0.4) is 0 Å². The van der Waals surface area contributed by atoms with Gasteiger partial charge >= 0.3 is 0 Å². The highest BCUT2D eigenvalue weighted by atomic mass is 16.5. The van der Waals surface area contributed by atoms with Crippen LogP contribution in [0.4, 0.5) is 0 Å². The minimum Gasteiger partial charge on any atom is -0.497 e. The van der Waals surface area contributed by atoms with Crippen LogP contribution in [0.25, 0.3) is 16.5 Å². The first-order chi connectivity index (χ1) is 9.26. The molecule has 0 saturated carbocycles. The number of methoxy groups -OCH3 is 1. The van der Waals surface area contributed by atoms with Gasteiger partial charge in [-0.2, -0.15) is 0 Å². The molecule has 0 aliphatic rings. The molecule has 0 bridgehead atoms. The van der Waals surface area contributed by atoms with Crippen LogP contribution in [0.15, 0.2) is 35.5 Å². The fourth-order valence-electron chi connectivity index (χ4n) is 1.35. The molecule has 19 heavy (non-hydrogen) atoms. The Morgan fingerprint density at radius 2 is 2.21 bits per heavy atom. The van der Waals surface area contributed by atoms with Crippen molar-refractivity contribution >= 4 is 12.0 Å². The normalized spacial score (nSPS) is 9.95. The Kier molecular flexibility index (Phi) is 6.61. The molecule has 0 saturated heterocycles. The lowest BCUT2D eigenvalue weighted by Gasteiger charge is -2.00. The maximum atomic E-state index is 11.4. The van der Waals surface area contributed by atoms with E-state index in [2.05, 4.69) is 15.3 Å². The van der Waals surface area contributed by atoms with Crippen LogP contribution < -0.4 is 10.1 Å². The summed E-state index contributed by atoms with van der Waals surface area (Å²) in [5.74, 6) is 0.608. The molecule has 1 rings (SSSR count). The Hall–Kier alpha value is -2.46. The van der Waals surface area contributed by atoms with E-state index in [1.807, 2.05) is 24.3 Å². The Morgan fingerprint density at radius 1 is 1.47 bits per heavy atom. The SMILES string of the molecule is COc1ccc(/C=C/C(=O)NCCCN=[N+]=[N-])cc1. The zero-order valence-electron chi connectivity index (χ0n) is 10.7. The summed E-state index contributed by atoms with van der Waals surface area (Å²) in [6.07, 6.45) is 3.82. The minimum absolute atomic E-state index is 0.170. The van der Waals surface area contributed by atoms with E-state index in [1.165, 1.54) is 6.08 Å². The van der Waals surface area contributed by atoms with Crippen LogP contribution in [0.1, 0.15) is 12.0 Å². The number of rotatable bonds is 7. The van der Waals surface area contributed by atoms with Crippen molar-refractivity contribution in [2.24, 2.45) is 5.11 Å². The van der Waals surface area contributed by atoms with Crippen molar-refractivity contribution in [2.45, 2.75) is 6.42 Å². The summed E-state index contributed by atoms with van der Waals surface area (Å²) in [5.41, 5.74) is 8.99. The lowest BCUT2D eigenvalue weighted by Crippen LogP contribution is -2.22. The molecule has 0 fully saturated rings. The molecule has 0 heterocycles. The van der Waals surface area contributed by atoms with Crippen LogP contribution in [-0.4, -0.2) is 26.1 Å². The van der Waals surface area contributed by atoms with Crippen molar-refractivity contribution in [3.63, 3.8) is 0 Å². The van der Waals surface area contributed by atoms with Crippen molar-refractivity contribution in [2.75, 3.05) is 20.2 Å². The highest BCUT2D eigenvalue weighted by Crippen LogP contribution is 2.12. The Bertz CT molecular complexity index is 476. The second kappa shape index (κ2) is 8.60. The molecular formula is C13H16N4O2. The molecule has 1 amide bonds. The number of ether oxygens (including phenoxy) is 1. The van der Waals surface area contributed by atoms with Gasteiger partial charge in [0.2, 0.25) is 5.91 Å². The molecule has 100 valence electrons. The van der Waals surface area contributed by atoms with Gasteiger partial charge in [0.15, 0.2) is 0 Å². The van der Waals surface area contributed by atoms with Gasteiger partial charge in [-0.25, -0.2) is 0 Å². The third-order valence-electron chi connectivity index (χ3n) is 2.34. The van der Waals surface area contributed by atoms with Gasteiger partial charge in [0, 0.05) is 24.1 Å². The summed E-state index contributed by atoms with van der Waals surface area (Å²) >= 11 is 0. The van der Waals surface area contributed by atoms with E-state index < -0.39 is 0 Å². The molecule has 0 aliphatic carbocycles. The molecule has 6 heteroatoms. The topological polar surface area (TPSA) is 87.1 Å². The smallest absolute Gasteiger partial charge is 0.243 e. The zero-order valence-corrected chi connectivity index (χ0v) is 10.7. The van der Waals surface area contributed by atoms with Gasteiger partial charge in [0.25, 0.3) is 0 Å². The first kappa shape index (κ1) is 14.6. The average molecular weight is 260 g/mol. The van der Waals surface area contributed by atoms with Gasteiger partial charge in [0.1, 0.15) is 5.75 Å². The summed E-state index contributed by atoms with van der Waals surface area (Å²) in [5, 5.41) is 6.08. The second-order valence-corrected chi connectivity index (χ2v) is 3.71. The molecule has 0 aliphatic heterocycles. The van der Waals surface area contributed by atoms with Gasteiger partial charge in [-0.15, -0.1) is 0 Å². The first-order valence-corrected chi connectivity index (χ1v) is 5.87. The summed E-state index contributed by atoms with van der Waals surface area (Å²) in [6, 6.07) is 7.39. The maximum Gasteiger partial charge on any atom is 0.243 e. The number of benzene rings is 1. The number of hydrogen-bond donors (Lipinski definition) is 1. The molecule has 0 aromatic heterocycles. The van der Waals surface area contributed by atoms with E-state index >= 15 is 0 Å². The standard InChI is InChI=1S/C13H16N4O2/c1-19-12-6-3-11(4-7-12)5-8-13(18)15-9-2-10-16-17-14/h3-8H,2,9-10H2,1H3,(H,15,18)/b8-5+. The van der Waals surface area contributed by atoms with E-state index in [-0.39, 0.29) is 5.91 Å². The van der Waals surface area contributed by atoms with Gasteiger partial charge in [-0.3, -0.25) is 4.79 Å². The largest absolute Gasteiger partial charge is 0.497 e. The number of nitrogens with zero attached hydrogens (tertiary/aromatic N) is 3. The van der Waals surface area contributed by atoms with Crippen molar-refractivity contribution < 1.29 is 9.53 Å². The number of hydrogen-bond acceptors (Lipinski definition) is 3. The second-order valence-electron chi connectivity index (χ2n) is 3.71. The Balaban J connectivity index is 2.34. The van der Waals surface area contributed by atoms with Crippen molar-refractivity contribution in [1.29, 1.82) is 0 Å². The fourth-order valence-corrected chi connectivity index (χ4v) is 1.35. The van der Waals surface area contributed by atoms with E-state index in [1.54, 1.807) is 13.2 Å². The van der Waals surface area contributed by atoms with Crippen LogP contribution >= 0.6 is 0 Å². The molecule has 0 atom stereocenters. The molecule has 1 N–H and O–H groups in total. The molecule has 6 nitrogen and oxygen atoms in total. The van der Waals surface area contributed by atoms with Crippen molar-refractivity contribution in [1.82, 2.24) is 5.32 Å². The summed E-state index contributed by atoms with van der Waals surface area (Å²) in [4.78, 5) is 14.1. The average Bonchev–Trinajstić information content (AvgIpc) is 2.45. The predicted molar refractivity (Wildman–Crippen MR) is 73.7 cm³/mol. The highest BCUT2D eigenvalue weighted by Gasteiger charge is 1.95. The van der Waals surface area contributed by atoms with Gasteiger partial charge in [-0.1, -0.05) is 17.2 Å². The van der Waals surface area contributed by atoms with Crippen molar-refractivity contribution in [3.05, 3.63) is 46.3 Å². The van der Waals surface area contributed by atoms with Crippen LogP contribution in [-0.2, 0) is 4.79 Å². The Morgan fingerprint density at radius 3 is 2.84 bits per heavy atom. The molecule has 1 aromatic rings. The van der Waals surface area contributed by atoms with E-state index in [0.29, 0.717) is 19.5 Å². The van der Waals surface area contributed by atoms with Crippen LogP contribution in [0.5, 0.6) is 5.75 Å². The number of nitrogens with one attached hydrogen (secondary N) is 1. The van der Waals surface area contributed by atoms with Gasteiger partial charge in [0.05, 0.1) is 7.11 Å². The Labute approximate surface area is 111 Å². The first-order valence-electron chi connectivity index (χ1n) is 5.87. The number of carbonyl (C=O) groups is 1. The maximum absolute atomic E-state index is 11.4.